The van der Waals surface area contributed by atoms with E-state index in [1.54, 1.807) is 0 Å². The highest BCUT2D eigenvalue weighted by Crippen LogP contribution is 2.15. The largest absolute Gasteiger partial charge is 0.481 e. The summed E-state index contributed by atoms with van der Waals surface area (Å²) < 4.78 is 5.81. The zero-order valence-corrected chi connectivity index (χ0v) is 15.1. The van der Waals surface area contributed by atoms with Gasteiger partial charge in [-0.25, -0.2) is 0 Å². The van der Waals surface area contributed by atoms with Crippen LogP contribution in [-0.4, -0.2) is 24.3 Å². The minimum atomic E-state index is -0.439. The number of benzene rings is 2. The second-order valence-electron chi connectivity index (χ2n) is 5.66. The van der Waals surface area contributed by atoms with Crippen molar-refractivity contribution >= 4 is 17.7 Å². The summed E-state index contributed by atoms with van der Waals surface area (Å²) in [6.07, 6.45) is 0.211. The molecule has 0 saturated carbocycles. The molecule has 0 saturated heterocycles. The lowest BCUT2D eigenvalue weighted by Crippen LogP contribution is -2.39. The van der Waals surface area contributed by atoms with Gasteiger partial charge in [0.15, 0.2) is 6.10 Å². The fourth-order valence-corrected chi connectivity index (χ4v) is 3.12. The molecule has 1 N–H and O–H groups in total. The van der Waals surface area contributed by atoms with Crippen molar-refractivity contribution in [2.75, 3.05) is 12.3 Å². The molecular weight excluding hydrogens is 318 g/mol. The number of carbonyl (C=O) groups is 1. The number of amides is 1. The third kappa shape index (κ3) is 6.28. The quantitative estimate of drug-likeness (QED) is 0.694. The zero-order chi connectivity index (χ0) is 17.2. The van der Waals surface area contributed by atoms with Gasteiger partial charge in [0.25, 0.3) is 5.91 Å². The number of hydrogen-bond donors (Lipinski definition) is 1. The summed E-state index contributed by atoms with van der Waals surface area (Å²) in [7, 11) is 0. The smallest absolute Gasteiger partial charge is 0.261 e. The van der Waals surface area contributed by atoms with Crippen LogP contribution in [0.15, 0.2) is 54.6 Å². The molecule has 0 heterocycles. The Morgan fingerprint density at radius 2 is 1.96 bits per heavy atom. The van der Waals surface area contributed by atoms with Gasteiger partial charge < -0.3 is 10.1 Å². The Kier molecular flexibility index (Phi) is 7.69. The van der Waals surface area contributed by atoms with E-state index in [1.807, 2.05) is 68.1 Å². The Balaban J connectivity index is 1.70. The van der Waals surface area contributed by atoms with Gasteiger partial charge in [-0.3, -0.25) is 4.79 Å². The Bertz CT molecular complexity index is 631. The molecule has 0 aromatic heterocycles. The maximum absolute atomic E-state index is 12.3. The Hall–Kier alpha value is -1.94. The van der Waals surface area contributed by atoms with Crippen LogP contribution in [0.4, 0.5) is 0 Å². The monoisotopic (exact) mass is 343 g/mol. The van der Waals surface area contributed by atoms with Crippen LogP contribution in [0.2, 0.25) is 0 Å². The Morgan fingerprint density at radius 3 is 2.67 bits per heavy atom. The molecule has 0 aliphatic rings. The highest BCUT2D eigenvalue weighted by molar-refractivity contribution is 7.98. The molecule has 128 valence electrons. The van der Waals surface area contributed by atoms with Gasteiger partial charge in [0, 0.05) is 18.1 Å². The molecule has 1 amide bonds. The first-order valence-corrected chi connectivity index (χ1v) is 9.47. The summed E-state index contributed by atoms with van der Waals surface area (Å²) in [5.74, 6) is 2.56. The molecule has 0 aliphatic carbocycles. The van der Waals surface area contributed by atoms with E-state index in [9.17, 15) is 4.79 Å². The summed E-state index contributed by atoms with van der Waals surface area (Å²) in [6.45, 7) is 4.63. The van der Waals surface area contributed by atoms with Crippen LogP contribution in [0.25, 0.3) is 0 Å². The first-order valence-electron chi connectivity index (χ1n) is 8.31. The average molecular weight is 343 g/mol. The van der Waals surface area contributed by atoms with E-state index in [4.69, 9.17) is 4.74 Å². The van der Waals surface area contributed by atoms with Crippen molar-refractivity contribution < 1.29 is 9.53 Å². The topological polar surface area (TPSA) is 38.3 Å². The van der Waals surface area contributed by atoms with E-state index in [0.29, 0.717) is 13.0 Å². The molecule has 2 rings (SSSR count). The van der Waals surface area contributed by atoms with Crippen LogP contribution in [0.1, 0.15) is 24.5 Å². The normalized spacial score (nSPS) is 11.8. The molecule has 1 unspecified atom stereocenters. The second kappa shape index (κ2) is 10.0. The van der Waals surface area contributed by atoms with Gasteiger partial charge in [0.05, 0.1) is 0 Å². The third-order valence-corrected chi connectivity index (χ3v) is 4.62. The second-order valence-corrected chi connectivity index (χ2v) is 6.77. The van der Waals surface area contributed by atoms with E-state index in [0.717, 1.165) is 22.8 Å². The molecule has 3 nitrogen and oxygen atoms in total. The van der Waals surface area contributed by atoms with Crippen molar-refractivity contribution in [2.45, 2.75) is 32.1 Å². The number of hydrogen-bond acceptors (Lipinski definition) is 3. The van der Waals surface area contributed by atoms with Gasteiger partial charge in [0.1, 0.15) is 5.75 Å². The summed E-state index contributed by atoms with van der Waals surface area (Å²) in [4.78, 5) is 12.3. The molecule has 2 aromatic rings. The average Bonchev–Trinajstić information content (AvgIpc) is 2.60. The van der Waals surface area contributed by atoms with Crippen molar-refractivity contribution in [3.05, 3.63) is 65.7 Å². The molecule has 2 aromatic carbocycles. The van der Waals surface area contributed by atoms with Crippen molar-refractivity contribution in [1.82, 2.24) is 5.32 Å². The van der Waals surface area contributed by atoms with Crippen molar-refractivity contribution in [1.29, 1.82) is 0 Å². The SMILES string of the molecule is CCC(Oc1cccc(C)c1)C(=O)NCCSCc1ccccc1. The summed E-state index contributed by atoms with van der Waals surface area (Å²) in [6, 6.07) is 18.1. The lowest BCUT2D eigenvalue weighted by atomic mass is 10.2. The van der Waals surface area contributed by atoms with Gasteiger partial charge in [-0.15, -0.1) is 0 Å². The third-order valence-electron chi connectivity index (χ3n) is 3.59. The fraction of sp³-hybridized carbons (Fsp3) is 0.350. The van der Waals surface area contributed by atoms with Gasteiger partial charge >= 0.3 is 0 Å². The van der Waals surface area contributed by atoms with E-state index < -0.39 is 6.10 Å². The molecule has 0 fully saturated rings. The summed E-state index contributed by atoms with van der Waals surface area (Å²) in [5, 5.41) is 2.97. The molecular formula is C20H25NO2S. The number of carbonyl (C=O) groups excluding carboxylic acids is 1. The van der Waals surface area contributed by atoms with E-state index >= 15 is 0 Å². The Morgan fingerprint density at radius 1 is 1.17 bits per heavy atom. The maximum atomic E-state index is 12.3. The molecule has 4 heteroatoms. The molecule has 1 atom stereocenters. The van der Waals surface area contributed by atoms with Crippen molar-refractivity contribution in [3.8, 4) is 5.75 Å². The molecule has 0 spiro atoms. The van der Waals surface area contributed by atoms with Gasteiger partial charge in [0.2, 0.25) is 0 Å². The van der Waals surface area contributed by atoms with Crippen molar-refractivity contribution in [2.24, 2.45) is 0 Å². The minimum absolute atomic E-state index is 0.0423. The molecule has 0 bridgehead atoms. The van der Waals surface area contributed by atoms with E-state index in [-0.39, 0.29) is 5.91 Å². The molecule has 0 radical (unpaired) electrons. The molecule has 24 heavy (non-hydrogen) atoms. The van der Waals surface area contributed by atoms with Crippen LogP contribution in [0, 0.1) is 6.92 Å². The van der Waals surface area contributed by atoms with Gasteiger partial charge in [-0.2, -0.15) is 11.8 Å². The first kappa shape index (κ1) is 18.4. The highest BCUT2D eigenvalue weighted by Gasteiger charge is 2.17. The summed E-state index contributed by atoms with van der Waals surface area (Å²) >= 11 is 1.82. The number of ether oxygens (including phenoxy) is 1. The lowest BCUT2D eigenvalue weighted by molar-refractivity contribution is -0.127. The number of thioether (sulfide) groups is 1. The molecule has 0 aliphatic heterocycles. The predicted molar refractivity (Wildman–Crippen MR) is 101 cm³/mol. The van der Waals surface area contributed by atoms with Crippen LogP contribution >= 0.6 is 11.8 Å². The van der Waals surface area contributed by atoms with Crippen LogP contribution < -0.4 is 10.1 Å². The van der Waals surface area contributed by atoms with Gasteiger partial charge in [-0.05, 0) is 36.6 Å². The van der Waals surface area contributed by atoms with Crippen molar-refractivity contribution in [3.63, 3.8) is 0 Å². The first-order chi connectivity index (χ1) is 11.7. The van der Waals surface area contributed by atoms with Crippen LogP contribution in [0.5, 0.6) is 5.75 Å². The highest BCUT2D eigenvalue weighted by atomic mass is 32.2. The summed E-state index contributed by atoms with van der Waals surface area (Å²) in [5.41, 5.74) is 2.43. The lowest BCUT2D eigenvalue weighted by Gasteiger charge is -2.17. The number of aryl methyl sites for hydroxylation is 1. The number of rotatable bonds is 9. The standard InChI is InChI=1S/C20H25NO2S/c1-3-19(23-18-11-7-8-16(2)14-18)20(22)21-12-13-24-15-17-9-5-4-6-10-17/h4-11,14,19H,3,12-13,15H2,1-2H3,(H,21,22). The fourth-order valence-electron chi connectivity index (χ4n) is 2.30. The number of nitrogens with one attached hydrogen (secondary N) is 1. The Labute approximate surface area is 148 Å². The van der Waals surface area contributed by atoms with E-state index in [1.165, 1.54) is 5.56 Å². The minimum Gasteiger partial charge on any atom is -0.481 e. The maximum Gasteiger partial charge on any atom is 0.261 e. The van der Waals surface area contributed by atoms with Crippen LogP contribution in [-0.2, 0) is 10.5 Å². The predicted octanol–water partition coefficient (Wildman–Crippen LogP) is 4.20. The van der Waals surface area contributed by atoms with E-state index in [2.05, 4.69) is 17.4 Å². The van der Waals surface area contributed by atoms with Crippen LogP contribution in [0.3, 0.4) is 0 Å². The zero-order valence-electron chi connectivity index (χ0n) is 14.3. The van der Waals surface area contributed by atoms with Gasteiger partial charge in [-0.1, -0.05) is 49.4 Å².